The Morgan fingerprint density at radius 3 is 2.62 bits per heavy atom. The third-order valence-electron chi connectivity index (χ3n) is 5.00. The number of benzene rings is 1. The predicted molar refractivity (Wildman–Crippen MR) is 113 cm³/mol. The van der Waals surface area contributed by atoms with E-state index in [2.05, 4.69) is 25.5 Å². The van der Waals surface area contributed by atoms with Crippen LogP contribution in [0, 0.1) is 0 Å². The summed E-state index contributed by atoms with van der Waals surface area (Å²) in [5.74, 6) is -1.93. The second-order valence-electron chi connectivity index (χ2n) is 7.41. The molecule has 2 unspecified atom stereocenters. The van der Waals surface area contributed by atoms with Gasteiger partial charge in [0, 0.05) is 6.20 Å². The van der Waals surface area contributed by atoms with E-state index in [1.165, 1.54) is 24.3 Å². The molecule has 1 aliphatic heterocycles. The van der Waals surface area contributed by atoms with Crippen molar-refractivity contribution < 1.29 is 28.0 Å². The molecule has 1 fully saturated rings. The molecule has 12 nitrogen and oxygen atoms in total. The topological polar surface area (TPSA) is 189 Å². The van der Waals surface area contributed by atoms with Crippen molar-refractivity contribution >= 4 is 27.8 Å². The van der Waals surface area contributed by atoms with Gasteiger partial charge in [-0.05, 0) is 44.2 Å². The quantitative estimate of drug-likeness (QED) is 0.194. The molecule has 2 atom stereocenters. The van der Waals surface area contributed by atoms with Gasteiger partial charge in [0.05, 0.1) is 17.2 Å². The maximum atomic E-state index is 12.9. The van der Waals surface area contributed by atoms with Crippen LogP contribution >= 0.6 is 0 Å². The lowest BCUT2D eigenvalue weighted by molar-refractivity contribution is -0.149. The Hall–Kier alpha value is -3.00. The van der Waals surface area contributed by atoms with Gasteiger partial charge < -0.3 is 26.0 Å². The lowest BCUT2D eigenvalue weighted by Gasteiger charge is -2.32. The highest BCUT2D eigenvalue weighted by atomic mass is 32.2. The van der Waals surface area contributed by atoms with Crippen molar-refractivity contribution in [3.05, 3.63) is 42.2 Å². The van der Waals surface area contributed by atoms with Gasteiger partial charge in [-0.3, -0.25) is 4.79 Å². The molecule has 3 rings (SSSR count). The van der Waals surface area contributed by atoms with Gasteiger partial charge in [0.1, 0.15) is 6.04 Å². The summed E-state index contributed by atoms with van der Waals surface area (Å²) < 4.78 is 28.0. The molecule has 0 bridgehead atoms. The van der Waals surface area contributed by atoms with Crippen LogP contribution in [0.25, 0.3) is 0 Å². The number of hydrogen-bond acceptors (Lipinski definition) is 8. The van der Waals surface area contributed by atoms with E-state index < -0.39 is 33.6 Å². The summed E-state index contributed by atoms with van der Waals surface area (Å²) in [5.41, 5.74) is 6.49. The number of aryl methyl sites for hydroxylation is 1. The van der Waals surface area contributed by atoms with Crippen molar-refractivity contribution in [3.8, 4) is 0 Å². The van der Waals surface area contributed by atoms with Crippen LogP contribution in [0.2, 0.25) is 0 Å². The SMILES string of the molecule is Nc1nc(CCCCC(NC(=O)C2CCON2)(NS(=O)(=O)c2ccccc2)C(=O)O)c[nH]1. The summed E-state index contributed by atoms with van der Waals surface area (Å²) in [6.45, 7) is 0.278. The second-order valence-corrected chi connectivity index (χ2v) is 9.09. The number of carbonyl (C=O) groups excluding carboxylic acids is 1. The monoisotopic (exact) mass is 466 g/mol. The number of carboxylic acid groups (broad SMARTS) is 1. The number of aromatic amines is 1. The molecule has 1 amide bonds. The van der Waals surface area contributed by atoms with E-state index in [9.17, 15) is 23.1 Å². The number of nitrogens with zero attached hydrogens (tertiary/aromatic N) is 1. The minimum absolute atomic E-state index is 0.116. The van der Waals surface area contributed by atoms with E-state index in [1.807, 2.05) is 0 Å². The number of anilines is 1. The number of aliphatic carboxylic acids is 1. The molecule has 1 aliphatic rings. The van der Waals surface area contributed by atoms with Gasteiger partial charge in [0.15, 0.2) is 5.95 Å². The number of nitrogens with one attached hydrogen (secondary N) is 4. The van der Waals surface area contributed by atoms with Gasteiger partial charge in [-0.2, -0.15) is 10.2 Å². The first-order valence-corrected chi connectivity index (χ1v) is 11.5. The molecule has 0 radical (unpaired) electrons. The smallest absolute Gasteiger partial charge is 0.345 e. The number of unbranched alkanes of at least 4 members (excludes halogenated alkanes) is 1. The summed E-state index contributed by atoms with van der Waals surface area (Å²) in [6, 6.07) is 6.56. The van der Waals surface area contributed by atoms with Crippen LogP contribution in [0.15, 0.2) is 41.4 Å². The number of rotatable bonds is 11. The Kier molecular flexibility index (Phi) is 7.45. The Bertz CT molecular complexity index is 1040. The molecule has 0 spiro atoms. The molecule has 13 heteroatoms. The molecule has 1 aromatic heterocycles. The molecule has 1 saturated heterocycles. The third kappa shape index (κ3) is 5.82. The van der Waals surface area contributed by atoms with Crippen molar-refractivity contribution in [2.75, 3.05) is 12.3 Å². The van der Waals surface area contributed by atoms with Crippen molar-refractivity contribution in [2.24, 2.45) is 0 Å². The van der Waals surface area contributed by atoms with Gasteiger partial charge in [-0.25, -0.2) is 18.2 Å². The largest absolute Gasteiger partial charge is 0.478 e. The Balaban J connectivity index is 1.79. The third-order valence-corrected chi connectivity index (χ3v) is 6.51. The van der Waals surface area contributed by atoms with E-state index >= 15 is 0 Å². The van der Waals surface area contributed by atoms with Gasteiger partial charge in [0.25, 0.3) is 0 Å². The summed E-state index contributed by atoms with van der Waals surface area (Å²) >= 11 is 0. The zero-order valence-electron chi connectivity index (χ0n) is 17.2. The van der Waals surface area contributed by atoms with Crippen molar-refractivity contribution in [1.82, 2.24) is 25.5 Å². The molecule has 7 N–H and O–H groups in total. The van der Waals surface area contributed by atoms with E-state index in [0.717, 1.165) is 0 Å². The molecular weight excluding hydrogens is 440 g/mol. The number of sulfonamides is 1. The minimum Gasteiger partial charge on any atom is -0.478 e. The molecule has 2 heterocycles. The van der Waals surface area contributed by atoms with Crippen LogP contribution in [-0.4, -0.2) is 53.7 Å². The van der Waals surface area contributed by atoms with E-state index in [4.69, 9.17) is 10.6 Å². The first-order valence-electron chi connectivity index (χ1n) is 10.0. The van der Waals surface area contributed by atoms with Crippen molar-refractivity contribution in [1.29, 1.82) is 0 Å². The molecule has 2 aromatic rings. The number of aromatic nitrogens is 2. The normalized spacial score (nSPS) is 18.2. The standard InChI is InChI=1S/C19H26N6O6S/c20-18-21-12-13(22-18)6-4-5-10-19(17(27)28,23-16(26)15-9-11-31-24-15)25-32(29,30)14-7-2-1-3-8-14/h1-3,7-8,12,15,24-25H,4-6,9-11H2,(H,23,26)(H,27,28)(H3,20,21,22). The molecule has 0 aliphatic carbocycles. The maximum Gasteiger partial charge on any atom is 0.345 e. The lowest BCUT2D eigenvalue weighted by atomic mass is 10.0. The number of nitrogen functional groups attached to an aromatic ring is 1. The maximum absolute atomic E-state index is 12.9. The number of hydroxylamine groups is 1. The molecule has 32 heavy (non-hydrogen) atoms. The minimum atomic E-state index is -4.25. The van der Waals surface area contributed by atoms with Gasteiger partial charge in [0.2, 0.25) is 21.6 Å². The first kappa shape index (κ1) is 23.7. The number of carbonyl (C=O) groups is 2. The first-order chi connectivity index (χ1) is 15.2. The molecule has 1 aromatic carbocycles. The zero-order chi connectivity index (χ0) is 23.2. The molecule has 0 saturated carbocycles. The zero-order valence-corrected chi connectivity index (χ0v) is 18.0. The summed E-state index contributed by atoms with van der Waals surface area (Å²) in [5, 5.41) is 12.4. The van der Waals surface area contributed by atoms with Crippen LogP contribution in [0.1, 0.15) is 31.4 Å². The van der Waals surface area contributed by atoms with Gasteiger partial charge >= 0.3 is 5.97 Å². The van der Waals surface area contributed by atoms with Gasteiger partial charge in [-0.1, -0.05) is 18.2 Å². The van der Waals surface area contributed by atoms with E-state index in [0.29, 0.717) is 25.0 Å². The van der Waals surface area contributed by atoms with Crippen LogP contribution in [-0.2, 0) is 30.9 Å². The van der Waals surface area contributed by atoms with Crippen LogP contribution in [0.5, 0.6) is 0 Å². The van der Waals surface area contributed by atoms with Crippen molar-refractivity contribution in [3.63, 3.8) is 0 Å². The van der Waals surface area contributed by atoms with Crippen LogP contribution in [0.4, 0.5) is 5.95 Å². The average Bonchev–Trinajstić information content (AvgIpc) is 3.43. The summed E-state index contributed by atoms with van der Waals surface area (Å²) in [7, 11) is -4.25. The summed E-state index contributed by atoms with van der Waals surface area (Å²) in [4.78, 5) is 36.7. The fraction of sp³-hybridized carbons (Fsp3) is 0.421. The Labute approximate surface area is 184 Å². The van der Waals surface area contributed by atoms with Crippen molar-refractivity contribution in [2.45, 2.75) is 48.7 Å². The number of imidazole rings is 1. The van der Waals surface area contributed by atoms with E-state index in [-0.39, 0.29) is 30.3 Å². The average molecular weight is 467 g/mol. The van der Waals surface area contributed by atoms with Gasteiger partial charge in [-0.15, -0.1) is 0 Å². The number of hydrogen-bond donors (Lipinski definition) is 6. The number of H-pyrrole nitrogens is 1. The van der Waals surface area contributed by atoms with E-state index in [1.54, 1.807) is 12.3 Å². The molecule has 174 valence electrons. The van der Waals surface area contributed by atoms with Crippen LogP contribution < -0.4 is 21.3 Å². The highest BCUT2D eigenvalue weighted by molar-refractivity contribution is 7.89. The fourth-order valence-electron chi connectivity index (χ4n) is 3.31. The number of amides is 1. The second kappa shape index (κ2) is 10.1. The fourth-order valence-corrected chi connectivity index (χ4v) is 4.64. The predicted octanol–water partition coefficient (Wildman–Crippen LogP) is -0.126. The summed E-state index contributed by atoms with van der Waals surface area (Å²) in [6.07, 6.45) is 3.06. The Morgan fingerprint density at radius 1 is 1.28 bits per heavy atom. The Morgan fingerprint density at radius 2 is 2.03 bits per heavy atom. The number of carboxylic acids is 1. The highest BCUT2D eigenvalue weighted by Gasteiger charge is 2.45. The van der Waals surface area contributed by atoms with Crippen LogP contribution in [0.3, 0.4) is 0 Å². The highest BCUT2D eigenvalue weighted by Crippen LogP contribution is 2.19. The molecular formula is C19H26N6O6S. The lowest BCUT2D eigenvalue weighted by Crippen LogP contribution is -2.67. The number of nitrogens with two attached hydrogens (primary N) is 1.